The number of guanidine groups is 1. The smallest absolute Gasteiger partial charge is 0.369 e. The summed E-state index contributed by atoms with van der Waals surface area (Å²) in [5.74, 6) is -1.71. The van der Waals surface area contributed by atoms with Crippen molar-refractivity contribution in [3.05, 3.63) is 29.8 Å². The molecule has 1 aliphatic rings. The largest absolute Gasteiger partial charge is 0.501 e. The minimum absolute atomic E-state index is 0.00998. The van der Waals surface area contributed by atoms with E-state index < -0.39 is 26.0 Å². The van der Waals surface area contributed by atoms with E-state index in [1.807, 2.05) is 0 Å². The summed E-state index contributed by atoms with van der Waals surface area (Å²) in [6, 6.07) is 4.07. The Balaban J connectivity index is 2.50. The Bertz CT molecular complexity index is 672. The Morgan fingerprint density at radius 1 is 1.30 bits per heavy atom. The number of nitrogens with one attached hydrogen (secondary N) is 2. The van der Waals surface area contributed by atoms with Crippen molar-refractivity contribution in [1.29, 1.82) is 0 Å². The number of nitrogens with zero attached hydrogens (tertiary/aromatic N) is 1. The van der Waals surface area contributed by atoms with E-state index in [-0.39, 0.29) is 11.5 Å². The van der Waals surface area contributed by atoms with Crippen LogP contribution in [0.5, 0.6) is 0 Å². The lowest BCUT2D eigenvalue weighted by atomic mass is 10.1. The van der Waals surface area contributed by atoms with E-state index in [0.29, 0.717) is 0 Å². The molecule has 6 N–H and O–H groups in total. The standard InChI is InChI=1S/C9H10F3N5O2S/c10-9(11,12)20(18,19)6-3-1-2-5(4-6)8(14)15-7(13)16-17-8/h1-4,17H,14H2,(H3,13,15,16). The normalized spacial score (nSPS) is 23.3. The number of rotatable bonds is 2. The van der Waals surface area contributed by atoms with Gasteiger partial charge >= 0.3 is 5.51 Å². The summed E-state index contributed by atoms with van der Waals surface area (Å²) in [6.07, 6.45) is 0. The lowest BCUT2D eigenvalue weighted by molar-refractivity contribution is -0.0436. The highest BCUT2D eigenvalue weighted by molar-refractivity contribution is 7.92. The number of hydrazine groups is 1. The highest BCUT2D eigenvalue weighted by atomic mass is 32.2. The molecule has 0 saturated carbocycles. The van der Waals surface area contributed by atoms with Crippen molar-refractivity contribution in [3.8, 4) is 0 Å². The average Bonchev–Trinajstić information content (AvgIpc) is 2.69. The van der Waals surface area contributed by atoms with Crippen molar-refractivity contribution >= 4 is 15.8 Å². The molecule has 0 bridgehead atoms. The van der Waals surface area contributed by atoms with Gasteiger partial charge in [0, 0.05) is 5.56 Å². The highest BCUT2D eigenvalue weighted by Gasteiger charge is 2.47. The van der Waals surface area contributed by atoms with Gasteiger partial charge in [-0.1, -0.05) is 12.1 Å². The van der Waals surface area contributed by atoms with Crippen LogP contribution < -0.4 is 22.3 Å². The summed E-state index contributed by atoms with van der Waals surface area (Å²) in [6.45, 7) is 0. The summed E-state index contributed by atoms with van der Waals surface area (Å²) < 4.78 is 60.1. The minimum atomic E-state index is -5.45. The maximum absolute atomic E-state index is 12.5. The Morgan fingerprint density at radius 3 is 2.45 bits per heavy atom. The van der Waals surface area contributed by atoms with Crippen molar-refractivity contribution in [1.82, 2.24) is 10.9 Å². The first-order chi connectivity index (χ1) is 9.06. The van der Waals surface area contributed by atoms with Crippen LogP contribution >= 0.6 is 0 Å². The fourth-order valence-corrected chi connectivity index (χ4v) is 2.38. The number of aliphatic imine (C=N–C) groups is 1. The second-order valence-corrected chi connectivity index (χ2v) is 5.93. The van der Waals surface area contributed by atoms with E-state index in [1.54, 1.807) is 0 Å². The van der Waals surface area contributed by atoms with E-state index in [1.165, 1.54) is 6.07 Å². The van der Waals surface area contributed by atoms with Gasteiger partial charge < -0.3 is 5.73 Å². The van der Waals surface area contributed by atoms with Gasteiger partial charge in [0.2, 0.25) is 11.7 Å². The van der Waals surface area contributed by atoms with Gasteiger partial charge in [0.15, 0.2) is 0 Å². The molecule has 1 aromatic rings. The number of sulfone groups is 1. The molecule has 1 aromatic carbocycles. The van der Waals surface area contributed by atoms with Crippen molar-refractivity contribution in [3.63, 3.8) is 0 Å². The quantitative estimate of drug-likeness (QED) is 0.582. The van der Waals surface area contributed by atoms with Gasteiger partial charge in [0.1, 0.15) is 0 Å². The minimum Gasteiger partial charge on any atom is -0.369 e. The predicted molar refractivity (Wildman–Crippen MR) is 63.4 cm³/mol. The molecule has 110 valence electrons. The number of benzene rings is 1. The predicted octanol–water partition coefficient (Wildman–Crippen LogP) is -0.528. The molecule has 0 saturated heterocycles. The fourth-order valence-electron chi connectivity index (χ4n) is 1.58. The first kappa shape index (κ1) is 14.6. The summed E-state index contributed by atoms with van der Waals surface area (Å²) in [4.78, 5) is 2.83. The maximum Gasteiger partial charge on any atom is 0.501 e. The number of nitrogens with two attached hydrogens (primary N) is 2. The third-order valence-corrected chi connectivity index (χ3v) is 4.05. The lowest BCUT2D eigenvalue weighted by Gasteiger charge is -2.21. The molecule has 0 spiro atoms. The zero-order valence-electron chi connectivity index (χ0n) is 9.77. The van der Waals surface area contributed by atoms with E-state index in [4.69, 9.17) is 11.5 Å². The van der Waals surface area contributed by atoms with Crippen LogP contribution in [0.15, 0.2) is 34.2 Å². The Hall–Kier alpha value is -1.85. The van der Waals surface area contributed by atoms with Crippen molar-refractivity contribution < 1.29 is 21.6 Å². The van der Waals surface area contributed by atoms with Gasteiger partial charge in [0.05, 0.1) is 4.90 Å². The third-order valence-electron chi connectivity index (χ3n) is 2.57. The molecular weight excluding hydrogens is 299 g/mol. The van der Waals surface area contributed by atoms with Gasteiger partial charge in [-0.3, -0.25) is 11.2 Å². The molecule has 1 heterocycles. The number of hydrogen-bond donors (Lipinski definition) is 4. The van der Waals surface area contributed by atoms with Crippen LogP contribution in [0.4, 0.5) is 13.2 Å². The Labute approximate surface area is 111 Å². The van der Waals surface area contributed by atoms with Crippen molar-refractivity contribution in [2.45, 2.75) is 16.2 Å². The fraction of sp³-hybridized carbons (Fsp3) is 0.222. The molecule has 2 rings (SSSR count). The van der Waals surface area contributed by atoms with E-state index in [0.717, 1.165) is 18.2 Å². The van der Waals surface area contributed by atoms with Crippen LogP contribution in [-0.2, 0) is 15.6 Å². The van der Waals surface area contributed by atoms with Crippen LogP contribution in [0.25, 0.3) is 0 Å². The Morgan fingerprint density at radius 2 is 1.95 bits per heavy atom. The first-order valence-corrected chi connectivity index (χ1v) is 6.64. The second-order valence-electron chi connectivity index (χ2n) is 3.99. The molecule has 0 aliphatic carbocycles. The zero-order valence-corrected chi connectivity index (χ0v) is 10.6. The molecule has 11 heteroatoms. The van der Waals surface area contributed by atoms with Crippen LogP contribution in [0, 0.1) is 0 Å². The van der Waals surface area contributed by atoms with Crippen molar-refractivity contribution in [2.24, 2.45) is 16.5 Å². The van der Waals surface area contributed by atoms with E-state index in [9.17, 15) is 21.6 Å². The van der Waals surface area contributed by atoms with Gasteiger partial charge in [-0.15, -0.1) is 0 Å². The molecule has 7 nitrogen and oxygen atoms in total. The van der Waals surface area contributed by atoms with Crippen LogP contribution in [-0.4, -0.2) is 19.9 Å². The SMILES string of the molecule is NC1=NC(N)(c2cccc(S(=O)(=O)C(F)(F)F)c2)NN1. The monoisotopic (exact) mass is 309 g/mol. The Kier molecular flexibility index (Phi) is 3.15. The number of hydrogen-bond acceptors (Lipinski definition) is 7. The lowest BCUT2D eigenvalue weighted by Crippen LogP contribution is -2.50. The molecule has 0 amide bonds. The van der Waals surface area contributed by atoms with E-state index >= 15 is 0 Å². The molecule has 0 fully saturated rings. The summed E-state index contributed by atoms with van der Waals surface area (Å²) in [5.41, 5.74) is 10.5. The average molecular weight is 309 g/mol. The molecular formula is C9H10F3N5O2S. The first-order valence-electron chi connectivity index (χ1n) is 5.15. The molecule has 0 aromatic heterocycles. The van der Waals surface area contributed by atoms with Gasteiger partial charge in [0.25, 0.3) is 9.84 Å². The molecule has 0 radical (unpaired) electrons. The summed E-state index contributed by atoms with van der Waals surface area (Å²) >= 11 is 0. The maximum atomic E-state index is 12.5. The van der Waals surface area contributed by atoms with Gasteiger partial charge in [-0.05, 0) is 12.1 Å². The van der Waals surface area contributed by atoms with Crippen LogP contribution in [0.3, 0.4) is 0 Å². The zero-order chi connectivity index (χ0) is 15.2. The molecule has 1 aliphatic heterocycles. The van der Waals surface area contributed by atoms with Gasteiger partial charge in [-0.25, -0.2) is 13.4 Å². The van der Waals surface area contributed by atoms with Gasteiger partial charge in [-0.2, -0.15) is 18.6 Å². The summed E-state index contributed by atoms with van der Waals surface area (Å²) in [5, 5.41) is 0. The van der Waals surface area contributed by atoms with Crippen molar-refractivity contribution in [2.75, 3.05) is 0 Å². The second kappa shape index (κ2) is 4.33. The van der Waals surface area contributed by atoms with Crippen LogP contribution in [0.2, 0.25) is 0 Å². The third kappa shape index (κ3) is 2.30. The molecule has 1 atom stereocenters. The van der Waals surface area contributed by atoms with Crippen LogP contribution in [0.1, 0.15) is 5.56 Å². The molecule has 20 heavy (non-hydrogen) atoms. The highest BCUT2D eigenvalue weighted by Crippen LogP contribution is 2.31. The number of alkyl halides is 3. The summed E-state index contributed by atoms with van der Waals surface area (Å²) in [7, 11) is -5.45. The number of halogens is 3. The topological polar surface area (TPSA) is 123 Å². The molecule has 1 unspecified atom stereocenters. The van der Waals surface area contributed by atoms with E-state index in [2.05, 4.69) is 15.8 Å².